The van der Waals surface area contributed by atoms with Gasteiger partial charge in [-0.1, -0.05) is 36.6 Å². The highest BCUT2D eigenvalue weighted by atomic mass is 16.5. The zero-order valence-electron chi connectivity index (χ0n) is 11.8. The number of carboxylic acid groups (broad SMARTS) is 1. The van der Waals surface area contributed by atoms with Gasteiger partial charge in [-0.2, -0.15) is 4.98 Å². The lowest BCUT2D eigenvalue weighted by Gasteiger charge is -2.19. The van der Waals surface area contributed by atoms with Crippen molar-refractivity contribution in [1.82, 2.24) is 10.1 Å². The molecule has 0 spiro atoms. The van der Waals surface area contributed by atoms with E-state index in [1.54, 1.807) is 24.3 Å². The Hall–Kier alpha value is -2.17. The molecular formula is C16H18N2O3. The summed E-state index contributed by atoms with van der Waals surface area (Å²) >= 11 is 0. The number of aromatic nitrogens is 2. The SMILES string of the molecule is O=C(O)c1ccc(-c2noc(CC3CCCCC3)n2)cc1. The number of nitrogens with zero attached hydrogens (tertiary/aromatic N) is 2. The summed E-state index contributed by atoms with van der Waals surface area (Å²) in [5, 5.41) is 12.9. The van der Waals surface area contributed by atoms with Crippen molar-refractivity contribution in [1.29, 1.82) is 0 Å². The summed E-state index contributed by atoms with van der Waals surface area (Å²) in [5.74, 6) is 0.922. The molecule has 21 heavy (non-hydrogen) atoms. The van der Waals surface area contributed by atoms with E-state index in [-0.39, 0.29) is 5.56 Å². The maximum Gasteiger partial charge on any atom is 0.335 e. The average Bonchev–Trinajstić information content (AvgIpc) is 2.97. The van der Waals surface area contributed by atoms with Gasteiger partial charge in [-0.15, -0.1) is 0 Å². The van der Waals surface area contributed by atoms with Gasteiger partial charge in [0.25, 0.3) is 0 Å². The Morgan fingerprint density at radius 1 is 1.19 bits per heavy atom. The Bertz CT molecular complexity index is 613. The van der Waals surface area contributed by atoms with Gasteiger partial charge in [-0.25, -0.2) is 4.79 Å². The number of carbonyl (C=O) groups is 1. The zero-order valence-corrected chi connectivity index (χ0v) is 11.8. The van der Waals surface area contributed by atoms with Crippen molar-refractivity contribution >= 4 is 5.97 Å². The molecule has 0 radical (unpaired) electrons. The molecule has 0 saturated heterocycles. The number of aromatic carboxylic acids is 1. The standard InChI is InChI=1S/C16H18N2O3/c19-16(20)13-8-6-12(7-9-13)15-17-14(21-18-15)10-11-4-2-1-3-5-11/h6-9,11H,1-5,10H2,(H,19,20). The van der Waals surface area contributed by atoms with Crippen molar-refractivity contribution in [2.24, 2.45) is 5.92 Å². The molecule has 1 aliphatic carbocycles. The van der Waals surface area contributed by atoms with Gasteiger partial charge in [0.1, 0.15) is 0 Å². The van der Waals surface area contributed by atoms with E-state index in [0.29, 0.717) is 17.6 Å². The van der Waals surface area contributed by atoms with Gasteiger partial charge >= 0.3 is 5.97 Å². The summed E-state index contributed by atoms with van der Waals surface area (Å²) in [5.41, 5.74) is 1.03. The molecule has 5 heteroatoms. The molecule has 2 aromatic rings. The van der Waals surface area contributed by atoms with Crippen molar-refractivity contribution in [2.45, 2.75) is 38.5 Å². The third-order valence-corrected chi connectivity index (χ3v) is 4.05. The van der Waals surface area contributed by atoms with Crippen LogP contribution in [0, 0.1) is 5.92 Å². The molecule has 5 nitrogen and oxygen atoms in total. The van der Waals surface area contributed by atoms with Crippen LogP contribution in [0.15, 0.2) is 28.8 Å². The predicted octanol–water partition coefficient (Wildman–Crippen LogP) is 3.56. The van der Waals surface area contributed by atoms with Gasteiger partial charge in [-0.3, -0.25) is 0 Å². The monoisotopic (exact) mass is 286 g/mol. The maximum atomic E-state index is 10.8. The first-order valence-corrected chi connectivity index (χ1v) is 7.38. The Labute approximate surface area is 123 Å². The van der Waals surface area contributed by atoms with Gasteiger partial charge in [-0.05, 0) is 30.9 Å². The normalized spacial score (nSPS) is 16.0. The van der Waals surface area contributed by atoms with Crippen LogP contribution in [0.4, 0.5) is 0 Å². The van der Waals surface area contributed by atoms with Crippen molar-refractivity contribution in [2.75, 3.05) is 0 Å². The van der Waals surface area contributed by atoms with E-state index in [4.69, 9.17) is 9.63 Å². The summed E-state index contributed by atoms with van der Waals surface area (Å²) in [7, 11) is 0. The largest absolute Gasteiger partial charge is 0.478 e. The minimum absolute atomic E-state index is 0.254. The molecule has 0 atom stereocenters. The summed E-state index contributed by atoms with van der Waals surface area (Å²) in [6.07, 6.45) is 7.25. The molecule has 1 aliphatic rings. The predicted molar refractivity (Wildman–Crippen MR) is 77.0 cm³/mol. The molecule has 0 amide bonds. The lowest BCUT2D eigenvalue weighted by molar-refractivity contribution is 0.0697. The molecule has 1 saturated carbocycles. The fourth-order valence-corrected chi connectivity index (χ4v) is 2.86. The quantitative estimate of drug-likeness (QED) is 0.930. The lowest BCUT2D eigenvalue weighted by Crippen LogP contribution is -2.09. The molecule has 3 rings (SSSR count). The topological polar surface area (TPSA) is 76.2 Å². The highest BCUT2D eigenvalue weighted by Crippen LogP contribution is 2.27. The molecule has 1 heterocycles. The minimum atomic E-state index is -0.937. The van der Waals surface area contributed by atoms with Gasteiger partial charge in [0, 0.05) is 12.0 Å². The molecule has 110 valence electrons. The van der Waals surface area contributed by atoms with E-state index in [1.165, 1.54) is 32.1 Å². The summed E-state index contributed by atoms with van der Waals surface area (Å²) in [6, 6.07) is 6.51. The van der Waals surface area contributed by atoms with Crippen LogP contribution in [0.25, 0.3) is 11.4 Å². The average molecular weight is 286 g/mol. The minimum Gasteiger partial charge on any atom is -0.478 e. The first-order chi connectivity index (χ1) is 10.2. The second-order valence-corrected chi connectivity index (χ2v) is 5.60. The lowest BCUT2D eigenvalue weighted by atomic mass is 9.87. The van der Waals surface area contributed by atoms with Crippen LogP contribution in [-0.2, 0) is 6.42 Å². The van der Waals surface area contributed by atoms with Gasteiger partial charge in [0.2, 0.25) is 11.7 Å². The van der Waals surface area contributed by atoms with Crippen LogP contribution in [-0.4, -0.2) is 21.2 Å². The second-order valence-electron chi connectivity index (χ2n) is 5.60. The van der Waals surface area contributed by atoms with Crippen molar-refractivity contribution in [3.05, 3.63) is 35.7 Å². The van der Waals surface area contributed by atoms with Crippen molar-refractivity contribution < 1.29 is 14.4 Å². The first-order valence-electron chi connectivity index (χ1n) is 7.38. The van der Waals surface area contributed by atoms with E-state index in [9.17, 15) is 4.79 Å². The van der Waals surface area contributed by atoms with E-state index in [2.05, 4.69) is 10.1 Å². The Balaban J connectivity index is 1.70. The van der Waals surface area contributed by atoms with E-state index in [0.717, 1.165) is 12.0 Å². The van der Waals surface area contributed by atoms with Crippen LogP contribution >= 0.6 is 0 Å². The van der Waals surface area contributed by atoms with E-state index >= 15 is 0 Å². The van der Waals surface area contributed by atoms with Crippen LogP contribution in [0.1, 0.15) is 48.4 Å². The summed E-state index contributed by atoms with van der Waals surface area (Å²) in [6.45, 7) is 0. The zero-order chi connectivity index (χ0) is 14.7. The molecular weight excluding hydrogens is 268 g/mol. The van der Waals surface area contributed by atoms with Crippen molar-refractivity contribution in [3.63, 3.8) is 0 Å². The van der Waals surface area contributed by atoms with Gasteiger partial charge in [0.05, 0.1) is 5.56 Å². The highest BCUT2D eigenvalue weighted by Gasteiger charge is 2.18. The van der Waals surface area contributed by atoms with Crippen LogP contribution in [0.5, 0.6) is 0 Å². The Morgan fingerprint density at radius 2 is 1.90 bits per heavy atom. The summed E-state index contributed by atoms with van der Waals surface area (Å²) < 4.78 is 5.32. The van der Waals surface area contributed by atoms with Gasteiger partial charge < -0.3 is 9.63 Å². The molecule has 1 aromatic carbocycles. The van der Waals surface area contributed by atoms with Crippen molar-refractivity contribution in [3.8, 4) is 11.4 Å². The first kappa shape index (κ1) is 13.8. The highest BCUT2D eigenvalue weighted by molar-refractivity contribution is 5.88. The maximum absolute atomic E-state index is 10.8. The molecule has 0 bridgehead atoms. The molecule has 1 fully saturated rings. The molecule has 1 N–H and O–H groups in total. The number of hydrogen-bond donors (Lipinski definition) is 1. The fraction of sp³-hybridized carbons (Fsp3) is 0.438. The number of hydrogen-bond acceptors (Lipinski definition) is 4. The second kappa shape index (κ2) is 6.08. The van der Waals surface area contributed by atoms with E-state index in [1.807, 2.05) is 0 Å². The third kappa shape index (κ3) is 3.29. The molecule has 0 unspecified atom stereocenters. The number of rotatable bonds is 4. The molecule has 1 aromatic heterocycles. The fourth-order valence-electron chi connectivity index (χ4n) is 2.86. The number of carboxylic acids is 1. The third-order valence-electron chi connectivity index (χ3n) is 4.05. The Kier molecular flexibility index (Phi) is 3.99. The van der Waals surface area contributed by atoms with Crippen LogP contribution in [0.2, 0.25) is 0 Å². The smallest absolute Gasteiger partial charge is 0.335 e. The van der Waals surface area contributed by atoms with E-state index < -0.39 is 5.97 Å². The number of benzene rings is 1. The molecule has 0 aliphatic heterocycles. The van der Waals surface area contributed by atoms with Crippen LogP contribution < -0.4 is 0 Å². The van der Waals surface area contributed by atoms with Gasteiger partial charge in [0.15, 0.2) is 0 Å². The Morgan fingerprint density at radius 3 is 2.57 bits per heavy atom. The summed E-state index contributed by atoms with van der Waals surface area (Å²) in [4.78, 5) is 15.2. The van der Waals surface area contributed by atoms with Crippen LogP contribution in [0.3, 0.4) is 0 Å².